The Kier molecular flexibility index (Phi) is 4.48. The van der Waals surface area contributed by atoms with Gasteiger partial charge in [-0.2, -0.15) is 0 Å². The Morgan fingerprint density at radius 1 is 1.05 bits per heavy atom. The van der Waals surface area contributed by atoms with Gasteiger partial charge in [0.1, 0.15) is 0 Å². The average Bonchev–Trinajstić information content (AvgIpc) is 2.47. The highest BCUT2D eigenvalue weighted by Gasteiger charge is 2.15. The number of aliphatic hydroxyl groups is 1. The molecule has 0 radical (unpaired) electrons. The molecule has 2 aromatic carbocycles. The highest BCUT2D eigenvalue weighted by Crippen LogP contribution is 2.19. The van der Waals surface area contributed by atoms with Gasteiger partial charge in [-0.25, -0.2) is 13.2 Å². The van der Waals surface area contributed by atoms with E-state index in [1.165, 1.54) is 48.5 Å². The zero-order valence-electron chi connectivity index (χ0n) is 11.7. The number of aromatic carboxylic acids is 1. The SMILES string of the molecule is C[C@H](O)c1ccc(S(=O)(=O)Nc2ccc(C(=O)O)cc2)cc1. The van der Waals surface area contributed by atoms with Crippen molar-refractivity contribution in [2.45, 2.75) is 17.9 Å². The summed E-state index contributed by atoms with van der Waals surface area (Å²) in [5.74, 6) is -1.08. The lowest BCUT2D eigenvalue weighted by atomic mass is 10.1. The second kappa shape index (κ2) is 6.17. The fourth-order valence-electron chi connectivity index (χ4n) is 1.82. The van der Waals surface area contributed by atoms with Crippen molar-refractivity contribution in [1.29, 1.82) is 0 Å². The number of carbonyl (C=O) groups is 1. The van der Waals surface area contributed by atoms with E-state index in [2.05, 4.69) is 4.72 Å². The van der Waals surface area contributed by atoms with E-state index < -0.39 is 22.1 Å². The Bertz CT molecular complexity index is 765. The maximum Gasteiger partial charge on any atom is 0.335 e. The third-order valence-corrected chi connectivity index (χ3v) is 4.45. The molecule has 3 N–H and O–H groups in total. The van der Waals surface area contributed by atoms with Crippen LogP contribution in [0.4, 0.5) is 5.69 Å². The summed E-state index contributed by atoms with van der Waals surface area (Å²) >= 11 is 0. The van der Waals surface area contributed by atoms with Crippen LogP contribution in [-0.4, -0.2) is 24.6 Å². The molecule has 0 aliphatic heterocycles. The number of sulfonamides is 1. The quantitative estimate of drug-likeness (QED) is 0.783. The summed E-state index contributed by atoms with van der Waals surface area (Å²) in [5.41, 5.74) is 0.957. The summed E-state index contributed by atoms with van der Waals surface area (Å²) < 4.78 is 26.8. The van der Waals surface area contributed by atoms with Gasteiger partial charge in [0.15, 0.2) is 0 Å². The number of carboxylic acids is 1. The molecule has 0 aliphatic rings. The van der Waals surface area contributed by atoms with E-state index >= 15 is 0 Å². The zero-order valence-corrected chi connectivity index (χ0v) is 12.5. The van der Waals surface area contributed by atoms with Gasteiger partial charge in [0, 0.05) is 5.69 Å². The van der Waals surface area contributed by atoms with E-state index in [1.807, 2.05) is 0 Å². The molecule has 0 heterocycles. The van der Waals surface area contributed by atoms with Crippen LogP contribution in [-0.2, 0) is 10.0 Å². The molecule has 0 saturated heterocycles. The monoisotopic (exact) mass is 321 g/mol. The predicted octanol–water partition coefficient (Wildman–Crippen LogP) is 2.24. The number of hydrogen-bond donors (Lipinski definition) is 3. The van der Waals surface area contributed by atoms with Crippen molar-refractivity contribution in [3.8, 4) is 0 Å². The van der Waals surface area contributed by atoms with E-state index in [9.17, 15) is 18.3 Å². The summed E-state index contributed by atoms with van der Waals surface area (Å²) in [7, 11) is -3.77. The lowest BCUT2D eigenvalue weighted by Gasteiger charge is -2.10. The van der Waals surface area contributed by atoms with Crippen molar-refractivity contribution in [3.63, 3.8) is 0 Å². The van der Waals surface area contributed by atoms with Gasteiger partial charge >= 0.3 is 5.97 Å². The first-order valence-electron chi connectivity index (χ1n) is 6.44. The lowest BCUT2D eigenvalue weighted by molar-refractivity contribution is 0.0697. The highest BCUT2D eigenvalue weighted by molar-refractivity contribution is 7.92. The minimum Gasteiger partial charge on any atom is -0.478 e. The Hall–Kier alpha value is -2.38. The maximum atomic E-state index is 12.2. The molecule has 0 spiro atoms. The van der Waals surface area contributed by atoms with Gasteiger partial charge in [-0.3, -0.25) is 4.72 Å². The van der Waals surface area contributed by atoms with Crippen LogP contribution in [0.5, 0.6) is 0 Å². The standard InChI is InChI=1S/C15H15NO5S/c1-10(17)11-4-8-14(9-5-11)22(20,21)16-13-6-2-12(3-7-13)15(18)19/h2-10,16-17H,1H3,(H,18,19)/t10-/m0/s1. The van der Waals surface area contributed by atoms with E-state index in [0.29, 0.717) is 5.56 Å². The second-order valence-electron chi connectivity index (χ2n) is 4.73. The summed E-state index contributed by atoms with van der Waals surface area (Å²) in [4.78, 5) is 10.8. The van der Waals surface area contributed by atoms with Crippen LogP contribution < -0.4 is 4.72 Å². The molecule has 1 atom stereocenters. The van der Waals surface area contributed by atoms with Crippen molar-refractivity contribution >= 4 is 21.7 Å². The van der Waals surface area contributed by atoms with Gasteiger partial charge < -0.3 is 10.2 Å². The molecular weight excluding hydrogens is 306 g/mol. The van der Waals surface area contributed by atoms with Crippen LogP contribution in [0.2, 0.25) is 0 Å². The van der Waals surface area contributed by atoms with Crippen LogP contribution >= 0.6 is 0 Å². The van der Waals surface area contributed by atoms with Crippen molar-refractivity contribution in [2.24, 2.45) is 0 Å². The maximum absolute atomic E-state index is 12.2. The summed E-state index contributed by atoms with van der Waals surface area (Å²) in [5, 5.41) is 18.2. The van der Waals surface area contributed by atoms with Gasteiger partial charge in [0.05, 0.1) is 16.6 Å². The number of rotatable bonds is 5. The molecule has 0 bridgehead atoms. The van der Waals surface area contributed by atoms with Gasteiger partial charge in [0.25, 0.3) is 10.0 Å². The molecule has 116 valence electrons. The van der Waals surface area contributed by atoms with E-state index in [-0.39, 0.29) is 16.1 Å². The van der Waals surface area contributed by atoms with Gasteiger partial charge in [-0.05, 0) is 48.9 Å². The Labute approximate surface area is 128 Å². The first-order valence-corrected chi connectivity index (χ1v) is 7.92. The van der Waals surface area contributed by atoms with Crippen molar-refractivity contribution < 1.29 is 23.4 Å². The lowest BCUT2D eigenvalue weighted by Crippen LogP contribution is -2.13. The number of aliphatic hydroxyl groups excluding tert-OH is 1. The van der Waals surface area contributed by atoms with E-state index in [0.717, 1.165) is 0 Å². The first-order chi connectivity index (χ1) is 10.3. The summed E-state index contributed by atoms with van der Waals surface area (Å²) in [6.07, 6.45) is -0.673. The molecule has 22 heavy (non-hydrogen) atoms. The number of nitrogens with one attached hydrogen (secondary N) is 1. The van der Waals surface area contributed by atoms with Crippen molar-refractivity contribution in [3.05, 3.63) is 59.7 Å². The largest absolute Gasteiger partial charge is 0.478 e. The summed E-state index contributed by atoms with van der Waals surface area (Å²) in [6.45, 7) is 1.59. The summed E-state index contributed by atoms with van der Waals surface area (Å²) in [6, 6.07) is 11.3. The van der Waals surface area contributed by atoms with Crippen molar-refractivity contribution in [2.75, 3.05) is 4.72 Å². The second-order valence-corrected chi connectivity index (χ2v) is 6.42. The number of carboxylic acid groups (broad SMARTS) is 1. The molecular formula is C15H15NO5S. The third kappa shape index (κ3) is 3.63. The number of benzene rings is 2. The molecule has 0 unspecified atom stereocenters. The third-order valence-electron chi connectivity index (χ3n) is 3.06. The number of hydrogen-bond acceptors (Lipinski definition) is 4. The Morgan fingerprint density at radius 3 is 2.05 bits per heavy atom. The normalized spacial score (nSPS) is 12.6. The Balaban J connectivity index is 2.21. The molecule has 7 heteroatoms. The van der Waals surface area contributed by atoms with Crippen LogP contribution in [0.25, 0.3) is 0 Å². The fraction of sp³-hybridized carbons (Fsp3) is 0.133. The van der Waals surface area contributed by atoms with Gasteiger partial charge in [0.2, 0.25) is 0 Å². The molecule has 0 aliphatic carbocycles. The van der Waals surface area contributed by atoms with Gasteiger partial charge in [-0.1, -0.05) is 12.1 Å². The highest BCUT2D eigenvalue weighted by atomic mass is 32.2. The predicted molar refractivity (Wildman–Crippen MR) is 81.3 cm³/mol. The van der Waals surface area contributed by atoms with Crippen LogP contribution in [0.1, 0.15) is 28.9 Å². The van der Waals surface area contributed by atoms with Crippen molar-refractivity contribution in [1.82, 2.24) is 0 Å². The van der Waals surface area contributed by atoms with E-state index in [4.69, 9.17) is 5.11 Å². The average molecular weight is 321 g/mol. The molecule has 0 aromatic heterocycles. The minimum absolute atomic E-state index is 0.0548. The molecule has 0 amide bonds. The molecule has 0 saturated carbocycles. The van der Waals surface area contributed by atoms with Crippen LogP contribution in [0.3, 0.4) is 0 Å². The van der Waals surface area contributed by atoms with E-state index in [1.54, 1.807) is 6.92 Å². The van der Waals surface area contributed by atoms with Crippen LogP contribution in [0.15, 0.2) is 53.4 Å². The topological polar surface area (TPSA) is 104 Å². The Morgan fingerprint density at radius 2 is 1.59 bits per heavy atom. The minimum atomic E-state index is -3.77. The number of anilines is 1. The first kappa shape index (κ1) is 16.0. The smallest absolute Gasteiger partial charge is 0.335 e. The zero-order chi connectivity index (χ0) is 16.3. The molecule has 2 aromatic rings. The van der Waals surface area contributed by atoms with Crippen LogP contribution in [0, 0.1) is 0 Å². The molecule has 2 rings (SSSR count). The fourth-order valence-corrected chi connectivity index (χ4v) is 2.88. The molecule has 0 fully saturated rings. The van der Waals surface area contributed by atoms with Gasteiger partial charge in [-0.15, -0.1) is 0 Å². The molecule has 6 nitrogen and oxygen atoms in total.